The van der Waals surface area contributed by atoms with Crippen LogP contribution in [0.3, 0.4) is 0 Å². The minimum Gasteiger partial charge on any atom is -0.381 e. The first-order valence-electron chi connectivity index (χ1n) is 8.34. The van der Waals surface area contributed by atoms with Gasteiger partial charge in [0.25, 0.3) is 0 Å². The summed E-state index contributed by atoms with van der Waals surface area (Å²) in [5.74, 6) is 0.862. The van der Waals surface area contributed by atoms with E-state index in [4.69, 9.17) is 4.74 Å². The molecule has 0 aliphatic heterocycles. The van der Waals surface area contributed by atoms with Gasteiger partial charge in [-0.15, -0.1) is 0 Å². The lowest BCUT2D eigenvalue weighted by Crippen LogP contribution is -2.39. The first-order valence-corrected chi connectivity index (χ1v) is 8.34. The molecule has 0 fully saturated rings. The fourth-order valence-electron chi connectivity index (χ4n) is 2.03. The maximum Gasteiger partial charge on any atom is 0.190 e. The summed E-state index contributed by atoms with van der Waals surface area (Å²) in [7, 11) is 1.80. The largest absolute Gasteiger partial charge is 0.381 e. The highest BCUT2D eigenvalue weighted by Gasteiger charge is 1.98. The number of unbranched alkanes of at least 4 members (excludes halogenated alkanes) is 1. The molecule has 0 heterocycles. The lowest BCUT2D eigenvalue weighted by molar-refractivity contribution is 0.129. The third-order valence-electron chi connectivity index (χ3n) is 3.45. The van der Waals surface area contributed by atoms with Crippen LogP contribution in [0.4, 0.5) is 0 Å². The van der Waals surface area contributed by atoms with Crippen LogP contribution in [0, 0.1) is 6.92 Å². The first-order chi connectivity index (χ1) is 10.8. The van der Waals surface area contributed by atoms with Gasteiger partial charge in [0.05, 0.1) is 0 Å². The second-order valence-corrected chi connectivity index (χ2v) is 5.48. The summed E-state index contributed by atoms with van der Waals surface area (Å²) < 4.78 is 5.54. The van der Waals surface area contributed by atoms with Crippen LogP contribution < -0.4 is 10.6 Å². The molecular formula is C18H31N3O. The molecule has 0 aliphatic rings. The Morgan fingerprint density at radius 2 is 1.73 bits per heavy atom. The summed E-state index contributed by atoms with van der Waals surface area (Å²) in [5, 5.41) is 6.66. The third kappa shape index (κ3) is 8.67. The normalized spacial score (nSPS) is 11.5. The zero-order chi connectivity index (χ0) is 16.0. The highest BCUT2D eigenvalue weighted by atomic mass is 16.5. The average Bonchev–Trinajstić information content (AvgIpc) is 2.54. The van der Waals surface area contributed by atoms with Crippen molar-refractivity contribution in [1.82, 2.24) is 10.6 Å². The van der Waals surface area contributed by atoms with Crippen molar-refractivity contribution in [2.75, 3.05) is 33.4 Å². The van der Waals surface area contributed by atoms with Crippen molar-refractivity contribution in [1.29, 1.82) is 0 Å². The molecule has 22 heavy (non-hydrogen) atoms. The molecule has 1 aromatic rings. The van der Waals surface area contributed by atoms with E-state index < -0.39 is 0 Å². The van der Waals surface area contributed by atoms with Crippen LogP contribution in [0.25, 0.3) is 0 Å². The van der Waals surface area contributed by atoms with Crippen molar-refractivity contribution in [3.05, 3.63) is 35.4 Å². The van der Waals surface area contributed by atoms with E-state index in [9.17, 15) is 0 Å². The monoisotopic (exact) mass is 305 g/mol. The van der Waals surface area contributed by atoms with Crippen LogP contribution in [-0.4, -0.2) is 39.3 Å². The van der Waals surface area contributed by atoms with Gasteiger partial charge in [-0.3, -0.25) is 4.99 Å². The van der Waals surface area contributed by atoms with E-state index in [1.165, 1.54) is 17.5 Å². The van der Waals surface area contributed by atoms with E-state index in [1.807, 2.05) is 0 Å². The molecule has 0 unspecified atom stereocenters. The summed E-state index contributed by atoms with van der Waals surface area (Å²) in [6.07, 6.45) is 4.34. The van der Waals surface area contributed by atoms with Gasteiger partial charge in [-0.05, 0) is 31.7 Å². The molecular weight excluding hydrogens is 274 g/mol. The Kier molecular flexibility index (Phi) is 10.1. The number of aliphatic imine (C=N–C) groups is 1. The molecule has 0 saturated carbocycles. The maximum atomic E-state index is 5.54. The van der Waals surface area contributed by atoms with Crippen LogP contribution >= 0.6 is 0 Å². The van der Waals surface area contributed by atoms with E-state index in [2.05, 4.69) is 53.7 Å². The number of aryl methyl sites for hydroxylation is 1. The molecule has 0 aromatic heterocycles. The maximum absolute atomic E-state index is 5.54. The topological polar surface area (TPSA) is 45.6 Å². The van der Waals surface area contributed by atoms with Crippen molar-refractivity contribution in [2.45, 2.75) is 39.5 Å². The predicted octanol–water partition coefficient (Wildman–Crippen LogP) is 2.91. The fourth-order valence-corrected chi connectivity index (χ4v) is 2.03. The van der Waals surface area contributed by atoms with Gasteiger partial charge in [-0.2, -0.15) is 0 Å². The van der Waals surface area contributed by atoms with Gasteiger partial charge >= 0.3 is 0 Å². The minimum atomic E-state index is 0.813. The summed E-state index contributed by atoms with van der Waals surface area (Å²) >= 11 is 0. The van der Waals surface area contributed by atoms with Gasteiger partial charge in [-0.25, -0.2) is 0 Å². The van der Waals surface area contributed by atoms with Gasteiger partial charge < -0.3 is 15.4 Å². The quantitative estimate of drug-likeness (QED) is 0.397. The Hall–Kier alpha value is -1.55. The second-order valence-electron chi connectivity index (χ2n) is 5.48. The number of ether oxygens (including phenoxy) is 1. The van der Waals surface area contributed by atoms with E-state index in [-0.39, 0.29) is 0 Å². The van der Waals surface area contributed by atoms with Crippen LogP contribution in [0.15, 0.2) is 29.3 Å². The highest BCUT2D eigenvalue weighted by Crippen LogP contribution is 2.02. The Balaban J connectivity index is 2.08. The number of hydrogen-bond acceptors (Lipinski definition) is 2. The van der Waals surface area contributed by atoms with Crippen LogP contribution in [0.2, 0.25) is 0 Å². The van der Waals surface area contributed by atoms with Crippen LogP contribution in [0.5, 0.6) is 0 Å². The van der Waals surface area contributed by atoms with E-state index in [0.717, 1.165) is 51.5 Å². The molecule has 1 rings (SSSR count). The van der Waals surface area contributed by atoms with E-state index >= 15 is 0 Å². The Morgan fingerprint density at radius 3 is 2.41 bits per heavy atom. The van der Waals surface area contributed by atoms with Gasteiger partial charge in [0.2, 0.25) is 0 Å². The second kappa shape index (κ2) is 12.0. The van der Waals surface area contributed by atoms with Crippen LogP contribution in [-0.2, 0) is 11.2 Å². The smallest absolute Gasteiger partial charge is 0.190 e. The zero-order valence-corrected chi connectivity index (χ0v) is 14.3. The zero-order valence-electron chi connectivity index (χ0n) is 14.3. The van der Waals surface area contributed by atoms with Crippen molar-refractivity contribution in [3.63, 3.8) is 0 Å². The highest BCUT2D eigenvalue weighted by molar-refractivity contribution is 5.79. The van der Waals surface area contributed by atoms with Crippen molar-refractivity contribution in [3.8, 4) is 0 Å². The van der Waals surface area contributed by atoms with Crippen LogP contribution in [0.1, 0.15) is 37.3 Å². The predicted molar refractivity (Wildman–Crippen MR) is 94.6 cm³/mol. The Labute approximate surface area is 135 Å². The van der Waals surface area contributed by atoms with E-state index in [1.54, 1.807) is 7.05 Å². The fraction of sp³-hybridized carbons (Fsp3) is 0.611. The molecule has 4 nitrogen and oxygen atoms in total. The lowest BCUT2D eigenvalue weighted by atomic mass is 10.1. The van der Waals surface area contributed by atoms with Crippen molar-refractivity contribution >= 4 is 5.96 Å². The van der Waals surface area contributed by atoms with Gasteiger partial charge in [0.15, 0.2) is 5.96 Å². The Morgan fingerprint density at radius 1 is 1.05 bits per heavy atom. The van der Waals surface area contributed by atoms with Crippen molar-refractivity contribution in [2.24, 2.45) is 4.99 Å². The third-order valence-corrected chi connectivity index (χ3v) is 3.45. The van der Waals surface area contributed by atoms with Crippen molar-refractivity contribution < 1.29 is 4.74 Å². The molecule has 124 valence electrons. The summed E-state index contributed by atoms with van der Waals surface area (Å²) in [4.78, 5) is 4.23. The van der Waals surface area contributed by atoms with Gasteiger partial charge in [0.1, 0.15) is 0 Å². The number of hydrogen-bond donors (Lipinski definition) is 2. The lowest BCUT2D eigenvalue weighted by Gasteiger charge is -2.12. The minimum absolute atomic E-state index is 0.813. The molecule has 0 amide bonds. The van der Waals surface area contributed by atoms with Gasteiger partial charge in [0, 0.05) is 33.4 Å². The molecule has 0 bridgehead atoms. The molecule has 0 spiro atoms. The average molecular weight is 305 g/mol. The molecule has 1 aromatic carbocycles. The summed E-state index contributed by atoms with van der Waals surface area (Å²) in [6, 6.07) is 8.67. The summed E-state index contributed by atoms with van der Waals surface area (Å²) in [5.41, 5.74) is 2.65. The molecule has 0 atom stereocenters. The number of rotatable bonds is 10. The number of nitrogens with one attached hydrogen (secondary N) is 2. The molecule has 2 N–H and O–H groups in total. The SMILES string of the molecule is CCCCOCCCNC(=NC)NCCc1ccc(C)cc1. The molecule has 0 aliphatic carbocycles. The molecule has 0 radical (unpaired) electrons. The summed E-state index contributed by atoms with van der Waals surface area (Å²) in [6.45, 7) is 7.75. The van der Waals surface area contributed by atoms with Gasteiger partial charge in [-0.1, -0.05) is 43.2 Å². The van der Waals surface area contributed by atoms with E-state index in [0.29, 0.717) is 0 Å². The number of benzene rings is 1. The number of nitrogens with zero attached hydrogens (tertiary/aromatic N) is 1. The molecule has 4 heteroatoms. The Bertz CT molecular complexity index is 415. The standard InChI is InChI=1S/C18H31N3O/c1-4-5-14-22-15-6-12-20-18(19-3)21-13-11-17-9-7-16(2)8-10-17/h7-10H,4-6,11-15H2,1-3H3,(H2,19,20,21). The first kappa shape index (κ1) is 18.5. The molecule has 0 saturated heterocycles. The number of guanidine groups is 1.